The molecule has 2 aliphatic rings. The van der Waals surface area contributed by atoms with Gasteiger partial charge in [-0.15, -0.1) is 0 Å². The molecule has 0 unspecified atom stereocenters. The summed E-state index contributed by atoms with van der Waals surface area (Å²) in [5.41, 5.74) is 0. The van der Waals surface area contributed by atoms with Gasteiger partial charge in [0.2, 0.25) is 0 Å². The Morgan fingerprint density at radius 3 is 2.47 bits per heavy atom. The summed E-state index contributed by atoms with van der Waals surface area (Å²) in [6.07, 6.45) is 3.97. The van der Waals surface area contributed by atoms with Gasteiger partial charge in [-0.2, -0.15) is 0 Å². The summed E-state index contributed by atoms with van der Waals surface area (Å²) in [7, 11) is 0. The zero-order valence-corrected chi connectivity index (χ0v) is 9.02. The molecule has 84 valence electrons. The van der Waals surface area contributed by atoms with Gasteiger partial charge in [-0.05, 0) is 13.0 Å². The number of carbonyl (C=O) groups is 1. The third kappa shape index (κ3) is 2.87. The lowest BCUT2D eigenvalue weighted by Crippen LogP contribution is -2.36. The normalized spacial score (nSPS) is 32.1. The van der Waals surface area contributed by atoms with E-state index in [1.54, 1.807) is 13.0 Å². The number of carbonyl (C=O) groups excluding carboxylic acids is 1. The Bertz CT molecular complexity index is 251. The van der Waals surface area contributed by atoms with Crippen molar-refractivity contribution in [2.75, 3.05) is 32.8 Å². The van der Waals surface area contributed by atoms with Gasteiger partial charge in [0.05, 0.1) is 25.4 Å². The van der Waals surface area contributed by atoms with E-state index in [1.165, 1.54) is 0 Å². The molecule has 15 heavy (non-hydrogen) atoms. The fraction of sp³-hybridized carbons (Fsp3) is 0.727. The monoisotopic (exact) mass is 211 g/mol. The van der Waals surface area contributed by atoms with Gasteiger partial charge in [0, 0.05) is 19.6 Å². The predicted molar refractivity (Wildman–Crippen MR) is 55.7 cm³/mol. The summed E-state index contributed by atoms with van der Waals surface area (Å²) in [6, 6.07) is 0. The Morgan fingerprint density at radius 2 is 1.93 bits per heavy atom. The van der Waals surface area contributed by atoms with Crippen LogP contribution in [0.2, 0.25) is 0 Å². The first-order chi connectivity index (χ1) is 7.25. The second kappa shape index (κ2) is 4.88. The number of ether oxygens (including phenoxy) is 2. The van der Waals surface area contributed by atoms with E-state index in [9.17, 15) is 4.79 Å². The van der Waals surface area contributed by atoms with Crippen LogP contribution in [0, 0.1) is 0 Å². The van der Waals surface area contributed by atoms with Crippen LogP contribution < -0.4 is 0 Å². The van der Waals surface area contributed by atoms with E-state index in [4.69, 9.17) is 9.47 Å². The fourth-order valence-electron chi connectivity index (χ4n) is 2.05. The summed E-state index contributed by atoms with van der Waals surface area (Å²) < 4.78 is 11.2. The van der Waals surface area contributed by atoms with Gasteiger partial charge >= 0.3 is 0 Å². The van der Waals surface area contributed by atoms with Crippen LogP contribution in [0.5, 0.6) is 0 Å². The molecule has 0 spiro atoms. The van der Waals surface area contributed by atoms with Gasteiger partial charge in [-0.25, -0.2) is 0 Å². The Labute approximate surface area is 89.8 Å². The van der Waals surface area contributed by atoms with E-state index in [0.717, 1.165) is 19.6 Å². The molecule has 0 radical (unpaired) electrons. The average Bonchev–Trinajstić information content (AvgIpc) is 2.59. The molecule has 0 N–H and O–H groups in total. The fourth-order valence-corrected chi connectivity index (χ4v) is 2.05. The maximum atomic E-state index is 10.7. The number of nitrogens with zero attached hydrogens (tertiary/aromatic N) is 1. The molecular formula is C11H17NO3. The molecular weight excluding hydrogens is 194 g/mol. The quantitative estimate of drug-likeness (QED) is 0.626. The molecule has 2 fully saturated rings. The molecule has 0 aromatic heterocycles. The maximum absolute atomic E-state index is 10.7. The molecule has 4 nitrogen and oxygen atoms in total. The van der Waals surface area contributed by atoms with Gasteiger partial charge in [-0.3, -0.25) is 9.69 Å². The lowest BCUT2D eigenvalue weighted by atomic mass is 10.2. The van der Waals surface area contributed by atoms with Crippen molar-refractivity contribution in [3.8, 4) is 0 Å². The highest BCUT2D eigenvalue weighted by Gasteiger charge is 2.35. The molecule has 2 rings (SSSR count). The van der Waals surface area contributed by atoms with Gasteiger partial charge in [-0.1, -0.05) is 6.08 Å². The van der Waals surface area contributed by atoms with E-state index >= 15 is 0 Å². The van der Waals surface area contributed by atoms with Gasteiger partial charge in [0.1, 0.15) is 0 Å². The minimum atomic E-state index is 0.0964. The molecule has 4 heteroatoms. The third-order valence-electron chi connectivity index (χ3n) is 2.75. The highest BCUT2D eigenvalue weighted by atomic mass is 16.6. The third-order valence-corrected chi connectivity index (χ3v) is 2.75. The molecule has 0 saturated carbocycles. The molecule has 0 bridgehead atoms. The summed E-state index contributed by atoms with van der Waals surface area (Å²) >= 11 is 0. The van der Waals surface area contributed by atoms with Crippen molar-refractivity contribution in [1.82, 2.24) is 4.90 Å². The van der Waals surface area contributed by atoms with Crippen LogP contribution in [-0.2, 0) is 14.3 Å². The summed E-state index contributed by atoms with van der Waals surface area (Å²) in [5, 5.41) is 0. The second-order valence-electron chi connectivity index (χ2n) is 4.05. The first-order valence-electron chi connectivity index (χ1n) is 5.38. The van der Waals surface area contributed by atoms with Crippen molar-refractivity contribution in [3.63, 3.8) is 0 Å². The molecule has 0 aliphatic carbocycles. The zero-order chi connectivity index (χ0) is 10.7. The Morgan fingerprint density at radius 1 is 1.33 bits per heavy atom. The van der Waals surface area contributed by atoms with E-state index in [-0.39, 0.29) is 18.0 Å². The minimum absolute atomic E-state index is 0.0964. The van der Waals surface area contributed by atoms with Crippen LogP contribution in [0.1, 0.15) is 6.92 Å². The molecule has 0 amide bonds. The highest BCUT2D eigenvalue weighted by Crippen LogP contribution is 2.19. The molecule has 2 heterocycles. The average molecular weight is 211 g/mol. The second-order valence-corrected chi connectivity index (χ2v) is 4.05. The topological polar surface area (TPSA) is 38.8 Å². The smallest absolute Gasteiger partial charge is 0.152 e. The van der Waals surface area contributed by atoms with Crippen LogP contribution in [0.15, 0.2) is 12.2 Å². The molecule has 2 saturated heterocycles. The predicted octanol–water partition coefficient (Wildman–Crippen LogP) is 0.231. The first-order valence-corrected chi connectivity index (χ1v) is 5.38. The standard InChI is InChI=1S/C11H17NO3/c1-9(13)3-2-4-12-7-10-11(8-12)15-6-5-14-10/h2-3,10-11H,4-8H2,1H3/b3-2+/t10-,11+. The number of fused-ring (bicyclic) bond motifs is 1. The van der Waals surface area contributed by atoms with Crippen molar-refractivity contribution in [2.45, 2.75) is 19.1 Å². The lowest BCUT2D eigenvalue weighted by Gasteiger charge is -2.24. The van der Waals surface area contributed by atoms with Crippen LogP contribution in [0.4, 0.5) is 0 Å². The van der Waals surface area contributed by atoms with E-state index in [0.29, 0.717) is 13.2 Å². The highest BCUT2D eigenvalue weighted by molar-refractivity contribution is 5.87. The Balaban J connectivity index is 1.79. The van der Waals surface area contributed by atoms with Gasteiger partial charge < -0.3 is 9.47 Å². The first kappa shape index (κ1) is 10.8. The van der Waals surface area contributed by atoms with Gasteiger partial charge in [0.15, 0.2) is 5.78 Å². The van der Waals surface area contributed by atoms with Crippen molar-refractivity contribution < 1.29 is 14.3 Å². The maximum Gasteiger partial charge on any atom is 0.152 e. The SMILES string of the molecule is CC(=O)/C=C/CN1C[C@@H]2OCCO[C@@H]2C1. The molecule has 2 atom stereocenters. The van der Waals surface area contributed by atoms with E-state index in [2.05, 4.69) is 4.90 Å². The Kier molecular flexibility index (Phi) is 3.51. The number of hydrogen-bond acceptors (Lipinski definition) is 4. The summed E-state index contributed by atoms with van der Waals surface area (Å²) in [5.74, 6) is 0.0964. The molecule has 0 aromatic rings. The van der Waals surface area contributed by atoms with Crippen LogP contribution in [0.25, 0.3) is 0 Å². The van der Waals surface area contributed by atoms with Crippen molar-refractivity contribution >= 4 is 5.78 Å². The lowest BCUT2D eigenvalue weighted by molar-refractivity contribution is -0.116. The van der Waals surface area contributed by atoms with E-state index in [1.807, 2.05) is 6.08 Å². The van der Waals surface area contributed by atoms with Crippen LogP contribution in [0.3, 0.4) is 0 Å². The summed E-state index contributed by atoms with van der Waals surface area (Å²) in [6.45, 7) is 5.60. The minimum Gasteiger partial charge on any atom is -0.372 e. The Hall–Kier alpha value is -0.710. The number of hydrogen-bond donors (Lipinski definition) is 0. The molecule has 0 aromatic carbocycles. The van der Waals surface area contributed by atoms with Crippen LogP contribution >= 0.6 is 0 Å². The number of ketones is 1. The zero-order valence-electron chi connectivity index (χ0n) is 9.02. The van der Waals surface area contributed by atoms with Crippen LogP contribution in [-0.4, -0.2) is 55.7 Å². The molecule has 2 aliphatic heterocycles. The van der Waals surface area contributed by atoms with Crippen molar-refractivity contribution in [1.29, 1.82) is 0 Å². The number of allylic oxidation sites excluding steroid dienone is 1. The summed E-state index contributed by atoms with van der Waals surface area (Å²) in [4.78, 5) is 13.0. The van der Waals surface area contributed by atoms with Gasteiger partial charge in [0.25, 0.3) is 0 Å². The van der Waals surface area contributed by atoms with Crippen molar-refractivity contribution in [2.24, 2.45) is 0 Å². The number of rotatable bonds is 3. The van der Waals surface area contributed by atoms with Crippen molar-refractivity contribution in [3.05, 3.63) is 12.2 Å². The number of likely N-dealkylation sites (tertiary alicyclic amines) is 1. The van der Waals surface area contributed by atoms with E-state index < -0.39 is 0 Å². The largest absolute Gasteiger partial charge is 0.372 e.